The Bertz CT molecular complexity index is 1430. The van der Waals surface area contributed by atoms with E-state index in [2.05, 4.69) is 10.3 Å². The third kappa shape index (κ3) is 3.50. The molecule has 4 rings (SSSR count). The highest BCUT2D eigenvalue weighted by Crippen LogP contribution is 2.26. The first-order valence-electron chi connectivity index (χ1n) is 9.36. The SMILES string of the molecule is COc1ccc(C)cc1NC(=O)c1cn(C)c2c(=O)n(-c3ccc(F)cc3)c(=O)[nH]c12. The van der Waals surface area contributed by atoms with Crippen LogP contribution in [0.2, 0.25) is 0 Å². The van der Waals surface area contributed by atoms with Gasteiger partial charge in [0, 0.05) is 13.2 Å². The number of aromatic nitrogens is 3. The number of aryl methyl sites for hydroxylation is 2. The molecule has 0 fully saturated rings. The van der Waals surface area contributed by atoms with E-state index in [-0.39, 0.29) is 22.3 Å². The molecule has 2 heterocycles. The maximum atomic E-state index is 13.2. The van der Waals surface area contributed by atoms with E-state index >= 15 is 0 Å². The number of nitrogens with one attached hydrogen (secondary N) is 2. The van der Waals surface area contributed by atoms with Crippen LogP contribution in [0.1, 0.15) is 15.9 Å². The highest BCUT2D eigenvalue weighted by Gasteiger charge is 2.21. The lowest BCUT2D eigenvalue weighted by Gasteiger charge is -2.10. The number of carbonyl (C=O) groups excluding carboxylic acids is 1. The smallest absolute Gasteiger partial charge is 0.333 e. The third-order valence-electron chi connectivity index (χ3n) is 4.95. The number of nitrogens with zero attached hydrogens (tertiary/aromatic N) is 2. The number of fused-ring (bicyclic) bond motifs is 1. The number of methoxy groups -OCH3 is 1. The number of hydrogen-bond donors (Lipinski definition) is 2. The van der Waals surface area contributed by atoms with Gasteiger partial charge in [-0.3, -0.25) is 9.59 Å². The Morgan fingerprint density at radius 2 is 1.84 bits per heavy atom. The number of hydrogen-bond acceptors (Lipinski definition) is 4. The summed E-state index contributed by atoms with van der Waals surface area (Å²) in [6, 6.07) is 10.3. The lowest BCUT2D eigenvalue weighted by Crippen LogP contribution is -2.34. The Balaban J connectivity index is 1.83. The molecule has 2 aromatic carbocycles. The van der Waals surface area contributed by atoms with E-state index in [1.165, 1.54) is 30.0 Å². The predicted molar refractivity (Wildman–Crippen MR) is 115 cm³/mol. The average Bonchev–Trinajstić information content (AvgIpc) is 3.06. The summed E-state index contributed by atoms with van der Waals surface area (Å²) in [7, 11) is 3.09. The Kier molecular flexibility index (Phi) is 4.94. The van der Waals surface area contributed by atoms with Gasteiger partial charge in [-0.2, -0.15) is 0 Å². The summed E-state index contributed by atoms with van der Waals surface area (Å²) < 4.78 is 20.9. The van der Waals surface area contributed by atoms with E-state index in [1.54, 1.807) is 19.2 Å². The van der Waals surface area contributed by atoms with Crippen LogP contribution in [0.25, 0.3) is 16.7 Å². The Morgan fingerprint density at radius 1 is 1.13 bits per heavy atom. The van der Waals surface area contributed by atoms with Gasteiger partial charge in [-0.1, -0.05) is 6.07 Å². The molecule has 0 aliphatic rings. The van der Waals surface area contributed by atoms with Crippen molar-refractivity contribution >= 4 is 22.6 Å². The zero-order valence-corrected chi connectivity index (χ0v) is 17.0. The predicted octanol–water partition coefficient (Wildman–Crippen LogP) is 2.73. The lowest BCUT2D eigenvalue weighted by atomic mass is 10.2. The zero-order valence-electron chi connectivity index (χ0n) is 17.0. The van der Waals surface area contributed by atoms with Crippen molar-refractivity contribution < 1.29 is 13.9 Å². The van der Waals surface area contributed by atoms with Gasteiger partial charge in [0.15, 0.2) is 0 Å². The Morgan fingerprint density at radius 3 is 2.52 bits per heavy atom. The molecule has 4 aromatic rings. The largest absolute Gasteiger partial charge is 0.495 e. The number of aromatic amines is 1. The molecule has 0 unspecified atom stereocenters. The summed E-state index contributed by atoms with van der Waals surface area (Å²) in [5, 5.41) is 2.77. The molecule has 0 atom stereocenters. The van der Waals surface area contributed by atoms with Crippen LogP contribution < -0.4 is 21.3 Å². The fourth-order valence-electron chi connectivity index (χ4n) is 3.48. The molecular weight excluding hydrogens is 403 g/mol. The fourth-order valence-corrected chi connectivity index (χ4v) is 3.48. The quantitative estimate of drug-likeness (QED) is 0.528. The summed E-state index contributed by atoms with van der Waals surface area (Å²) in [6.07, 6.45) is 1.47. The van der Waals surface area contributed by atoms with E-state index in [0.29, 0.717) is 11.4 Å². The van der Waals surface area contributed by atoms with Gasteiger partial charge < -0.3 is 19.6 Å². The molecule has 9 heteroatoms. The molecule has 0 bridgehead atoms. The van der Waals surface area contributed by atoms with E-state index in [9.17, 15) is 18.8 Å². The number of rotatable bonds is 4. The van der Waals surface area contributed by atoms with Crippen LogP contribution in [-0.4, -0.2) is 27.1 Å². The van der Waals surface area contributed by atoms with Crippen molar-refractivity contribution in [2.45, 2.75) is 6.92 Å². The molecule has 0 aliphatic heterocycles. The lowest BCUT2D eigenvalue weighted by molar-refractivity contribution is 0.102. The van der Waals surface area contributed by atoms with E-state index in [0.717, 1.165) is 22.3 Å². The summed E-state index contributed by atoms with van der Waals surface area (Å²) in [5.74, 6) is -0.519. The monoisotopic (exact) mass is 422 g/mol. The first kappa shape index (κ1) is 20.1. The van der Waals surface area contributed by atoms with Gasteiger partial charge in [0.25, 0.3) is 11.5 Å². The Hall–Kier alpha value is -4.14. The van der Waals surface area contributed by atoms with E-state index in [1.807, 2.05) is 13.0 Å². The highest BCUT2D eigenvalue weighted by atomic mass is 19.1. The van der Waals surface area contributed by atoms with Crippen molar-refractivity contribution in [3.8, 4) is 11.4 Å². The van der Waals surface area contributed by atoms with Crippen molar-refractivity contribution in [1.29, 1.82) is 0 Å². The molecule has 0 saturated heterocycles. The molecule has 0 saturated carbocycles. The molecule has 8 nitrogen and oxygen atoms in total. The standard InChI is InChI=1S/C22H19FN4O4/c1-12-4-9-17(31-3)16(10-12)24-20(28)15-11-26(2)19-18(15)25-22(30)27(21(19)29)14-7-5-13(23)6-8-14/h4-11H,1-3H3,(H,24,28)(H,25,30). The van der Waals surface area contributed by atoms with E-state index in [4.69, 9.17) is 4.74 Å². The first-order valence-corrected chi connectivity index (χ1v) is 9.36. The van der Waals surface area contributed by atoms with Crippen LogP contribution in [0.5, 0.6) is 5.75 Å². The second-order valence-electron chi connectivity index (χ2n) is 7.08. The van der Waals surface area contributed by atoms with Gasteiger partial charge in [-0.25, -0.2) is 13.8 Å². The maximum absolute atomic E-state index is 13.2. The normalized spacial score (nSPS) is 11.0. The number of amides is 1. The van der Waals surface area contributed by atoms with Crippen LogP contribution in [0.15, 0.2) is 58.3 Å². The molecular formula is C22H19FN4O4. The van der Waals surface area contributed by atoms with E-state index < -0.39 is 23.0 Å². The van der Waals surface area contributed by atoms with Gasteiger partial charge in [-0.05, 0) is 48.9 Å². The zero-order chi connectivity index (χ0) is 22.3. The molecule has 31 heavy (non-hydrogen) atoms. The van der Waals surface area contributed by atoms with Crippen LogP contribution in [0.4, 0.5) is 10.1 Å². The van der Waals surface area contributed by atoms with Crippen molar-refractivity contribution in [3.05, 3.63) is 86.4 Å². The molecule has 1 amide bonds. The molecule has 0 radical (unpaired) electrons. The summed E-state index contributed by atoms with van der Waals surface area (Å²) in [4.78, 5) is 41.3. The summed E-state index contributed by atoms with van der Waals surface area (Å²) in [5.41, 5.74) is 0.603. The highest BCUT2D eigenvalue weighted by molar-refractivity contribution is 6.12. The van der Waals surface area contributed by atoms with Gasteiger partial charge >= 0.3 is 5.69 Å². The van der Waals surface area contributed by atoms with Crippen LogP contribution in [0.3, 0.4) is 0 Å². The number of ether oxygens (including phenoxy) is 1. The molecule has 2 aromatic heterocycles. The number of halogens is 1. The molecule has 2 N–H and O–H groups in total. The average molecular weight is 422 g/mol. The van der Waals surface area contributed by atoms with Crippen molar-refractivity contribution in [2.75, 3.05) is 12.4 Å². The molecule has 0 aliphatic carbocycles. The van der Waals surface area contributed by atoms with Crippen molar-refractivity contribution in [2.24, 2.45) is 7.05 Å². The first-order chi connectivity index (χ1) is 14.8. The van der Waals surface area contributed by atoms with Gasteiger partial charge in [0.05, 0.1) is 29.6 Å². The maximum Gasteiger partial charge on any atom is 0.333 e. The van der Waals surface area contributed by atoms with Gasteiger partial charge in [-0.15, -0.1) is 0 Å². The minimum absolute atomic E-state index is 0.111. The van der Waals surface area contributed by atoms with Crippen molar-refractivity contribution in [3.63, 3.8) is 0 Å². The number of carbonyl (C=O) groups is 1. The number of H-pyrrole nitrogens is 1. The summed E-state index contributed by atoms with van der Waals surface area (Å²) >= 11 is 0. The second-order valence-corrected chi connectivity index (χ2v) is 7.08. The minimum atomic E-state index is -0.738. The van der Waals surface area contributed by atoms with Crippen LogP contribution in [0, 0.1) is 12.7 Å². The minimum Gasteiger partial charge on any atom is -0.495 e. The third-order valence-corrected chi connectivity index (χ3v) is 4.95. The van der Waals surface area contributed by atoms with Crippen LogP contribution >= 0.6 is 0 Å². The van der Waals surface area contributed by atoms with Gasteiger partial charge in [0.2, 0.25) is 0 Å². The fraction of sp³-hybridized carbons (Fsp3) is 0.136. The Labute approximate surface area is 175 Å². The topological polar surface area (TPSA) is 98.1 Å². The molecule has 158 valence electrons. The molecule has 0 spiro atoms. The number of anilines is 1. The summed E-state index contributed by atoms with van der Waals surface area (Å²) in [6.45, 7) is 1.88. The van der Waals surface area contributed by atoms with Crippen molar-refractivity contribution in [1.82, 2.24) is 14.1 Å². The second kappa shape index (κ2) is 7.60. The number of benzene rings is 2. The van der Waals surface area contributed by atoms with Crippen LogP contribution in [-0.2, 0) is 7.05 Å². The van der Waals surface area contributed by atoms with Gasteiger partial charge in [0.1, 0.15) is 17.1 Å².